The molecule has 1 N–H and O–H groups in total. The number of hydrogen-bond donors (Lipinski definition) is 1. The maximum Gasteiger partial charge on any atom is 0.258 e. The fourth-order valence-electron chi connectivity index (χ4n) is 2.44. The summed E-state index contributed by atoms with van der Waals surface area (Å²) in [7, 11) is 0. The van der Waals surface area contributed by atoms with Gasteiger partial charge in [-0.1, -0.05) is 24.6 Å². The Kier molecular flexibility index (Phi) is 4.77. The zero-order valence-electron chi connectivity index (χ0n) is 11.0. The van der Waals surface area contributed by atoms with E-state index in [0.29, 0.717) is 6.54 Å². The standard InChI is InChI=1S/C14H18ClFN2O/c1-2-8-18(10-6-7-17-9-10)14(19)13-11(15)4-3-5-12(13)16/h3-5,10,17H,2,6-9H2,1H3. The van der Waals surface area contributed by atoms with E-state index in [4.69, 9.17) is 11.6 Å². The third-order valence-electron chi connectivity index (χ3n) is 3.38. The van der Waals surface area contributed by atoms with Crippen LogP contribution in [0.1, 0.15) is 30.1 Å². The van der Waals surface area contributed by atoms with Gasteiger partial charge in [0.2, 0.25) is 0 Å². The average molecular weight is 285 g/mol. The molecule has 1 unspecified atom stereocenters. The first-order valence-corrected chi connectivity index (χ1v) is 6.98. The third kappa shape index (κ3) is 3.07. The van der Waals surface area contributed by atoms with E-state index in [0.717, 1.165) is 25.9 Å². The van der Waals surface area contributed by atoms with Gasteiger partial charge in [-0.2, -0.15) is 0 Å². The molecule has 1 atom stereocenters. The maximum absolute atomic E-state index is 13.8. The SMILES string of the molecule is CCCN(C(=O)c1c(F)cccc1Cl)C1CCNC1. The predicted octanol–water partition coefficient (Wildman–Crippen LogP) is 2.69. The van der Waals surface area contributed by atoms with E-state index < -0.39 is 5.82 Å². The van der Waals surface area contributed by atoms with Crippen LogP contribution < -0.4 is 5.32 Å². The number of halogens is 2. The molecule has 2 rings (SSSR count). The Bertz CT molecular complexity index is 441. The van der Waals surface area contributed by atoms with Gasteiger partial charge in [-0.3, -0.25) is 4.79 Å². The highest BCUT2D eigenvalue weighted by Crippen LogP contribution is 2.23. The van der Waals surface area contributed by atoms with E-state index >= 15 is 0 Å². The molecule has 1 aliphatic heterocycles. The van der Waals surface area contributed by atoms with Crippen molar-refractivity contribution in [3.63, 3.8) is 0 Å². The van der Waals surface area contributed by atoms with Gasteiger partial charge in [-0.15, -0.1) is 0 Å². The number of hydrogen-bond acceptors (Lipinski definition) is 2. The molecule has 1 aliphatic rings. The first kappa shape index (κ1) is 14.3. The molecule has 1 aromatic rings. The lowest BCUT2D eigenvalue weighted by Gasteiger charge is -2.28. The number of benzene rings is 1. The van der Waals surface area contributed by atoms with E-state index in [1.54, 1.807) is 11.0 Å². The van der Waals surface area contributed by atoms with Crippen LogP contribution in [0.5, 0.6) is 0 Å². The average Bonchev–Trinajstić information content (AvgIpc) is 2.89. The van der Waals surface area contributed by atoms with Gasteiger partial charge in [0.25, 0.3) is 5.91 Å². The van der Waals surface area contributed by atoms with Crippen LogP contribution in [0.4, 0.5) is 4.39 Å². The van der Waals surface area contributed by atoms with Crippen LogP contribution in [-0.4, -0.2) is 36.5 Å². The molecule has 1 heterocycles. The Labute approximate surface area is 117 Å². The molecule has 104 valence electrons. The van der Waals surface area contributed by atoms with Gasteiger partial charge in [0, 0.05) is 19.1 Å². The van der Waals surface area contributed by atoms with E-state index in [2.05, 4.69) is 5.32 Å². The van der Waals surface area contributed by atoms with Crippen molar-refractivity contribution in [3.05, 3.63) is 34.6 Å². The normalized spacial score (nSPS) is 18.6. The van der Waals surface area contributed by atoms with Gasteiger partial charge >= 0.3 is 0 Å². The quantitative estimate of drug-likeness (QED) is 0.922. The first-order valence-electron chi connectivity index (χ1n) is 6.60. The van der Waals surface area contributed by atoms with Gasteiger partial charge < -0.3 is 10.2 Å². The minimum absolute atomic E-state index is 0.00971. The van der Waals surface area contributed by atoms with Gasteiger partial charge in [0.05, 0.1) is 10.6 Å². The lowest BCUT2D eigenvalue weighted by Crippen LogP contribution is -2.42. The Morgan fingerprint density at radius 1 is 1.58 bits per heavy atom. The van der Waals surface area contributed by atoms with Crippen molar-refractivity contribution in [2.75, 3.05) is 19.6 Å². The largest absolute Gasteiger partial charge is 0.334 e. The van der Waals surface area contributed by atoms with Crippen LogP contribution in [0.3, 0.4) is 0 Å². The van der Waals surface area contributed by atoms with E-state index in [1.165, 1.54) is 12.1 Å². The van der Waals surface area contributed by atoms with Crippen molar-refractivity contribution in [1.29, 1.82) is 0 Å². The van der Waals surface area contributed by atoms with Crippen molar-refractivity contribution < 1.29 is 9.18 Å². The summed E-state index contributed by atoms with van der Waals surface area (Å²) >= 11 is 5.97. The summed E-state index contributed by atoms with van der Waals surface area (Å²) in [4.78, 5) is 14.3. The summed E-state index contributed by atoms with van der Waals surface area (Å²) in [6.07, 6.45) is 1.74. The molecule has 0 saturated carbocycles. The van der Waals surface area contributed by atoms with Crippen molar-refractivity contribution in [1.82, 2.24) is 10.2 Å². The van der Waals surface area contributed by atoms with E-state index in [-0.39, 0.29) is 22.5 Å². The monoisotopic (exact) mass is 284 g/mol. The molecule has 5 heteroatoms. The molecule has 1 amide bonds. The van der Waals surface area contributed by atoms with Gasteiger partial charge in [0.1, 0.15) is 5.82 Å². The first-order chi connectivity index (χ1) is 9.15. The van der Waals surface area contributed by atoms with Gasteiger partial charge in [-0.25, -0.2) is 4.39 Å². The Morgan fingerprint density at radius 3 is 2.95 bits per heavy atom. The molecule has 0 spiro atoms. The topological polar surface area (TPSA) is 32.3 Å². The van der Waals surface area contributed by atoms with Crippen molar-refractivity contribution in [2.24, 2.45) is 0 Å². The summed E-state index contributed by atoms with van der Waals surface area (Å²) in [6, 6.07) is 4.46. The van der Waals surface area contributed by atoms with Crippen molar-refractivity contribution in [2.45, 2.75) is 25.8 Å². The second kappa shape index (κ2) is 6.35. The molecular formula is C14H18ClFN2O. The summed E-state index contributed by atoms with van der Waals surface area (Å²) < 4.78 is 13.8. The van der Waals surface area contributed by atoms with Crippen LogP contribution >= 0.6 is 11.6 Å². The lowest BCUT2D eigenvalue weighted by atomic mass is 10.1. The highest BCUT2D eigenvalue weighted by Gasteiger charge is 2.29. The van der Waals surface area contributed by atoms with Crippen LogP contribution in [0.25, 0.3) is 0 Å². The molecule has 1 saturated heterocycles. The highest BCUT2D eigenvalue weighted by molar-refractivity contribution is 6.33. The van der Waals surface area contributed by atoms with Gasteiger partial charge in [-0.05, 0) is 31.5 Å². The molecule has 0 radical (unpaired) electrons. The van der Waals surface area contributed by atoms with Crippen LogP contribution in [0, 0.1) is 5.82 Å². The molecular weight excluding hydrogens is 267 g/mol. The van der Waals surface area contributed by atoms with Crippen molar-refractivity contribution >= 4 is 17.5 Å². The molecule has 19 heavy (non-hydrogen) atoms. The summed E-state index contributed by atoms with van der Waals surface area (Å²) in [5.41, 5.74) is -0.00971. The molecule has 3 nitrogen and oxygen atoms in total. The fourth-order valence-corrected chi connectivity index (χ4v) is 2.69. The molecule has 0 aliphatic carbocycles. The fraction of sp³-hybridized carbons (Fsp3) is 0.500. The molecule has 1 aromatic carbocycles. The number of amides is 1. The number of nitrogens with zero attached hydrogens (tertiary/aromatic N) is 1. The second-order valence-electron chi connectivity index (χ2n) is 4.74. The maximum atomic E-state index is 13.8. The minimum Gasteiger partial charge on any atom is -0.334 e. The second-order valence-corrected chi connectivity index (χ2v) is 5.15. The van der Waals surface area contributed by atoms with Crippen molar-refractivity contribution in [3.8, 4) is 0 Å². The molecule has 0 bridgehead atoms. The van der Waals surface area contributed by atoms with Crippen LogP contribution in [-0.2, 0) is 0 Å². The summed E-state index contributed by atoms with van der Waals surface area (Å²) in [5, 5.41) is 3.40. The highest BCUT2D eigenvalue weighted by atomic mass is 35.5. The third-order valence-corrected chi connectivity index (χ3v) is 3.69. The summed E-state index contributed by atoms with van der Waals surface area (Å²) in [6.45, 7) is 4.28. The van der Waals surface area contributed by atoms with Crippen LogP contribution in [0.15, 0.2) is 18.2 Å². The number of carbonyl (C=O) groups excluding carboxylic acids is 1. The summed E-state index contributed by atoms with van der Waals surface area (Å²) in [5.74, 6) is -0.858. The zero-order valence-corrected chi connectivity index (χ0v) is 11.7. The van der Waals surface area contributed by atoms with E-state index in [9.17, 15) is 9.18 Å². The Morgan fingerprint density at radius 2 is 2.37 bits per heavy atom. The Hall–Kier alpha value is -1.13. The number of rotatable bonds is 4. The predicted molar refractivity (Wildman–Crippen MR) is 74.0 cm³/mol. The van der Waals surface area contributed by atoms with Crippen LogP contribution in [0.2, 0.25) is 5.02 Å². The zero-order chi connectivity index (χ0) is 13.8. The van der Waals surface area contributed by atoms with Gasteiger partial charge in [0.15, 0.2) is 0 Å². The molecule has 1 fully saturated rings. The lowest BCUT2D eigenvalue weighted by molar-refractivity contribution is 0.0687. The smallest absolute Gasteiger partial charge is 0.258 e. The molecule has 0 aromatic heterocycles. The van der Waals surface area contributed by atoms with E-state index in [1.807, 2.05) is 6.92 Å². The Balaban J connectivity index is 2.28. The minimum atomic E-state index is -0.551. The number of carbonyl (C=O) groups is 1. The number of nitrogens with one attached hydrogen (secondary N) is 1.